The zero-order chi connectivity index (χ0) is 18.9. The molecule has 0 spiro atoms. The average Bonchev–Trinajstić information content (AvgIpc) is 2.96. The molecule has 3 aromatic rings. The molecule has 2 aromatic carbocycles. The van der Waals surface area contributed by atoms with E-state index in [1.807, 2.05) is 42.8 Å². The van der Waals surface area contributed by atoms with Gasteiger partial charge in [0.25, 0.3) is 0 Å². The van der Waals surface area contributed by atoms with E-state index in [4.69, 9.17) is 11.6 Å². The number of nitrogens with one attached hydrogen (secondary N) is 1. The minimum absolute atomic E-state index is 0.0671. The Morgan fingerprint density at radius 3 is 2.42 bits per heavy atom. The van der Waals surface area contributed by atoms with Crippen LogP contribution in [0.25, 0.3) is 5.69 Å². The van der Waals surface area contributed by atoms with E-state index < -0.39 is 16.1 Å². The fourth-order valence-electron chi connectivity index (χ4n) is 2.91. The number of sulfonamides is 1. The maximum absolute atomic E-state index is 12.7. The molecule has 0 radical (unpaired) electrons. The lowest BCUT2D eigenvalue weighted by atomic mass is 10.1. The van der Waals surface area contributed by atoms with Gasteiger partial charge in [0.05, 0.1) is 16.9 Å². The molecular weight excluding hydrogens is 370 g/mol. The molecule has 5 nitrogen and oxygen atoms in total. The maximum atomic E-state index is 12.7. The fourth-order valence-corrected chi connectivity index (χ4v) is 4.66. The number of benzene rings is 2. The Morgan fingerprint density at radius 1 is 1.08 bits per heavy atom. The molecule has 0 bridgehead atoms. The molecule has 0 aliphatic carbocycles. The lowest BCUT2D eigenvalue weighted by molar-refractivity contribution is 0.566. The summed E-state index contributed by atoms with van der Waals surface area (Å²) in [5, 5.41) is 4.64. The van der Waals surface area contributed by atoms with Crippen LogP contribution in [0.2, 0.25) is 5.02 Å². The molecule has 136 valence electrons. The van der Waals surface area contributed by atoms with Crippen LogP contribution in [-0.2, 0) is 10.0 Å². The highest BCUT2D eigenvalue weighted by Crippen LogP contribution is 2.25. The van der Waals surface area contributed by atoms with Gasteiger partial charge in [-0.15, -0.1) is 0 Å². The molecule has 0 aliphatic rings. The molecule has 1 unspecified atom stereocenters. The van der Waals surface area contributed by atoms with Gasteiger partial charge in [-0.3, -0.25) is 0 Å². The lowest BCUT2D eigenvalue weighted by Crippen LogP contribution is -2.27. The number of hydrogen-bond donors (Lipinski definition) is 1. The first-order chi connectivity index (χ1) is 12.3. The van der Waals surface area contributed by atoms with Crippen molar-refractivity contribution in [3.63, 3.8) is 0 Å². The van der Waals surface area contributed by atoms with Crippen molar-refractivity contribution in [1.29, 1.82) is 0 Å². The summed E-state index contributed by atoms with van der Waals surface area (Å²) in [6.07, 6.45) is 1.70. The Labute approximate surface area is 158 Å². The van der Waals surface area contributed by atoms with Crippen LogP contribution in [0.1, 0.15) is 29.8 Å². The summed E-state index contributed by atoms with van der Waals surface area (Å²) in [6, 6.07) is 13.9. The van der Waals surface area contributed by atoms with Gasteiger partial charge in [0, 0.05) is 17.3 Å². The van der Waals surface area contributed by atoms with Crippen LogP contribution in [0.5, 0.6) is 0 Å². The minimum atomic E-state index is -3.74. The Hall–Kier alpha value is -2.15. The van der Waals surface area contributed by atoms with Crippen LogP contribution in [-0.4, -0.2) is 18.2 Å². The zero-order valence-electron chi connectivity index (χ0n) is 14.8. The molecule has 26 heavy (non-hydrogen) atoms. The highest BCUT2D eigenvalue weighted by molar-refractivity contribution is 7.89. The number of hydrogen-bond acceptors (Lipinski definition) is 3. The van der Waals surface area contributed by atoms with Gasteiger partial charge in [0.2, 0.25) is 10.0 Å². The molecule has 0 fully saturated rings. The highest BCUT2D eigenvalue weighted by Gasteiger charge is 2.23. The Morgan fingerprint density at radius 2 is 1.73 bits per heavy atom. The van der Waals surface area contributed by atoms with Crippen molar-refractivity contribution in [1.82, 2.24) is 14.5 Å². The van der Waals surface area contributed by atoms with Crippen molar-refractivity contribution in [2.45, 2.75) is 31.7 Å². The fraction of sp³-hybridized carbons (Fsp3) is 0.211. The van der Waals surface area contributed by atoms with Gasteiger partial charge >= 0.3 is 0 Å². The Kier molecular flexibility index (Phi) is 5.18. The van der Waals surface area contributed by atoms with Gasteiger partial charge in [-0.05, 0) is 44.5 Å². The van der Waals surface area contributed by atoms with Crippen LogP contribution in [0.3, 0.4) is 0 Å². The summed E-state index contributed by atoms with van der Waals surface area (Å²) in [5.74, 6) is 0. The lowest BCUT2D eigenvalue weighted by Gasteiger charge is -2.15. The van der Waals surface area contributed by atoms with Crippen LogP contribution >= 0.6 is 11.6 Å². The molecule has 3 rings (SSSR count). The number of para-hydroxylation sites is 1. The van der Waals surface area contributed by atoms with Gasteiger partial charge in [-0.25, -0.2) is 17.8 Å². The van der Waals surface area contributed by atoms with E-state index in [9.17, 15) is 8.42 Å². The summed E-state index contributed by atoms with van der Waals surface area (Å²) in [5.41, 5.74) is 3.75. The quantitative estimate of drug-likeness (QED) is 0.711. The molecule has 0 amide bonds. The van der Waals surface area contributed by atoms with Crippen molar-refractivity contribution in [2.75, 3.05) is 0 Å². The third-order valence-electron chi connectivity index (χ3n) is 4.32. The Balaban J connectivity index is 1.91. The van der Waals surface area contributed by atoms with E-state index in [2.05, 4.69) is 9.82 Å². The van der Waals surface area contributed by atoms with Crippen molar-refractivity contribution < 1.29 is 8.42 Å². The molecule has 1 aromatic heterocycles. The van der Waals surface area contributed by atoms with Gasteiger partial charge in [0.15, 0.2) is 0 Å². The molecule has 0 saturated carbocycles. The second-order valence-corrected chi connectivity index (χ2v) is 8.25. The average molecular weight is 390 g/mol. The van der Waals surface area contributed by atoms with E-state index in [-0.39, 0.29) is 9.92 Å². The molecule has 7 heteroatoms. The first-order valence-electron chi connectivity index (χ1n) is 8.18. The van der Waals surface area contributed by atoms with Crippen molar-refractivity contribution in [2.24, 2.45) is 0 Å². The number of aryl methyl sites for hydroxylation is 1. The predicted molar refractivity (Wildman–Crippen MR) is 103 cm³/mol. The third kappa shape index (κ3) is 3.53. The van der Waals surface area contributed by atoms with Crippen LogP contribution in [0.15, 0.2) is 59.6 Å². The number of nitrogens with zero attached hydrogens (tertiary/aromatic N) is 2. The van der Waals surface area contributed by atoms with E-state index in [1.165, 1.54) is 6.07 Å². The van der Waals surface area contributed by atoms with Gasteiger partial charge in [-0.1, -0.05) is 41.9 Å². The summed E-state index contributed by atoms with van der Waals surface area (Å²) < 4.78 is 29.8. The summed E-state index contributed by atoms with van der Waals surface area (Å²) in [6.45, 7) is 5.73. The van der Waals surface area contributed by atoms with Gasteiger partial charge in [0.1, 0.15) is 4.90 Å². The number of aromatic nitrogens is 2. The normalized spacial score (nSPS) is 12.9. The van der Waals surface area contributed by atoms with Crippen LogP contribution < -0.4 is 4.72 Å². The predicted octanol–water partition coefficient (Wildman–Crippen LogP) is 4.18. The van der Waals surface area contributed by atoms with Crippen LogP contribution in [0, 0.1) is 13.8 Å². The zero-order valence-corrected chi connectivity index (χ0v) is 16.3. The molecule has 1 heterocycles. The standard InChI is InChI=1S/C19H20ClN3O2S/c1-13-8-4-6-10-18(13)23-15(3)16(12-21-23)14(2)22-26(24,25)19-11-7-5-9-17(19)20/h4-12,14,22H,1-3H3. The summed E-state index contributed by atoms with van der Waals surface area (Å²) in [7, 11) is -3.74. The monoisotopic (exact) mass is 389 g/mol. The smallest absolute Gasteiger partial charge is 0.238 e. The van der Waals surface area contributed by atoms with Crippen molar-refractivity contribution in [3.8, 4) is 5.69 Å². The van der Waals surface area contributed by atoms with Crippen LogP contribution in [0.4, 0.5) is 0 Å². The van der Waals surface area contributed by atoms with Crippen molar-refractivity contribution >= 4 is 21.6 Å². The van der Waals surface area contributed by atoms with Gasteiger partial charge < -0.3 is 0 Å². The topological polar surface area (TPSA) is 64.0 Å². The SMILES string of the molecule is Cc1ccccc1-n1ncc(C(C)NS(=O)(=O)c2ccccc2Cl)c1C. The second-order valence-electron chi connectivity index (χ2n) is 6.16. The molecule has 0 saturated heterocycles. The van der Waals surface area contributed by atoms with Crippen molar-refractivity contribution in [3.05, 3.63) is 76.6 Å². The third-order valence-corrected chi connectivity index (χ3v) is 6.36. The molecular formula is C19H20ClN3O2S. The largest absolute Gasteiger partial charge is 0.242 e. The molecule has 1 atom stereocenters. The molecule has 0 aliphatic heterocycles. The van der Waals surface area contributed by atoms with E-state index in [0.717, 1.165) is 22.5 Å². The number of rotatable bonds is 5. The first kappa shape index (κ1) is 18.6. The minimum Gasteiger partial charge on any atom is -0.238 e. The van der Waals surface area contributed by atoms with Gasteiger partial charge in [-0.2, -0.15) is 5.10 Å². The first-order valence-corrected chi connectivity index (χ1v) is 10.0. The maximum Gasteiger partial charge on any atom is 0.242 e. The second kappa shape index (κ2) is 7.23. The summed E-state index contributed by atoms with van der Waals surface area (Å²) in [4.78, 5) is 0.0671. The van der Waals surface area contributed by atoms with E-state index in [1.54, 1.807) is 31.3 Å². The Bertz CT molecular complexity index is 1040. The van der Waals surface area contributed by atoms with E-state index in [0.29, 0.717) is 0 Å². The van der Waals surface area contributed by atoms with E-state index >= 15 is 0 Å². The number of halogens is 1. The molecule has 1 N–H and O–H groups in total. The highest BCUT2D eigenvalue weighted by atomic mass is 35.5. The summed E-state index contributed by atoms with van der Waals surface area (Å²) >= 11 is 6.04.